The fraction of sp³-hybridized carbons (Fsp3) is 0.367. The maximum Gasteiger partial charge on any atom is 0.416 e. The van der Waals surface area contributed by atoms with Crippen LogP contribution in [0.15, 0.2) is 54.6 Å². The molecule has 3 aromatic carbocycles. The molecule has 0 N–H and O–H groups in total. The van der Waals surface area contributed by atoms with Gasteiger partial charge in [0.15, 0.2) is 11.5 Å². The van der Waals surface area contributed by atoms with Gasteiger partial charge in [0.05, 0.1) is 52.2 Å². The molecular weight excluding hydrogens is 539 g/mol. The molecule has 0 unspecified atom stereocenters. The van der Waals surface area contributed by atoms with Gasteiger partial charge in [-0.05, 0) is 35.9 Å². The van der Waals surface area contributed by atoms with E-state index in [1.54, 1.807) is 22.8 Å². The number of imidazole rings is 1. The number of alkyl halides is 3. The fourth-order valence-electron chi connectivity index (χ4n) is 5.04. The van der Waals surface area contributed by atoms with E-state index in [9.17, 15) is 13.2 Å². The van der Waals surface area contributed by atoms with Crippen LogP contribution in [0.4, 0.5) is 13.2 Å². The van der Waals surface area contributed by atoms with E-state index >= 15 is 0 Å². The quantitative estimate of drug-likeness (QED) is 0.249. The topological polar surface area (TPSA) is 67.2 Å². The molecule has 0 atom stereocenters. The molecule has 0 saturated carbocycles. The van der Waals surface area contributed by atoms with E-state index in [2.05, 4.69) is 4.90 Å². The number of ether oxygens (including phenoxy) is 5. The van der Waals surface area contributed by atoms with E-state index in [0.29, 0.717) is 65.2 Å². The van der Waals surface area contributed by atoms with Crippen molar-refractivity contribution in [2.75, 3.05) is 60.8 Å². The number of nitrogens with zero attached hydrogens (tertiary/aromatic N) is 3. The number of hydrogen-bond donors (Lipinski definition) is 0. The van der Waals surface area contributed by atoms with E-state index in [4.69, 9.17) is 28.7 Å². The van der Waals surface area contributed by atoms with Crippen LogP contribution < -0.4 is 18.9 Å². The Morgan fingerprint density at radius 3 is 2.24 bits per heavy atom. The molecule has 1 aromatic heterocycles. The number of fused-ring (bicyclic) bond motifs is 1. The first-order valence-corrected chi connectivity index (χ1v) is 13.2. The Labute approximate surface area is 236 Å². The minimum absolute atomic E-state index is 0.0740. The summed E-state index contributed by atoms with van der Waals surface area (Å²) in [7, 11) is 4.51. The third-order valence-electron chi connectivity index (χ3n) is 7.08. The average molecular weight is 572 g/mol. The largest absolute Gasteiger partial charge is 0.493 e. The number of rotatable bonds is 10. The molecule has 1 aliphatic heterocycles. The maximum atomic E-state index is 13.9. The Bertz CT molecular complexity index is 1470. The SMILES string of the molecule is COc1cc(-c2nc3c(OCCN4CCOCC4)cccc3n2Cc2ccccc2C(F)(F)F)cc(OC)c1OC. The zero-order valence-electron chi connectivity index (χ0n) is 23.2. The van der Waals surface area contributed by atoms with Crippen LogP contribution >= 0.6 is 0 Å². The van der Waals surface area contributed by atoms with Gasteiger partial charge in [-0.1, -0.05) is 24.3 Å². The molecule has 8 nitrogen and oxygen atoms in total. The smallest absolute Gasteiger partial charge is 0.416 e. The highest BCUT2D eigenvalue weighted by atomic mass is 19.4. The molecule has 2 heterocycles. The summed E-state index contributed by atoms with van der Waals surface area (Å²) in [4.78, 5) is 7.18. The third-order valence-corrected chi connectivity index (χ3v) is 7.08. The van der Waals surface area contributed by atoms with Crippen molar-refractivity contribution in [2.24, 2.45) is 0 Å². The molecule has 0 radical (unpaired) electrons. The summed E-state index contributed by atoms with van der Waals surface area (Å²) in [6.07, 6.45) is -4.51. The molecule has 1 aliphatic rings. The lowest BCUT2D eigenvalue weighted by Gasteiger charge is -2.26. The summed E-state index contributed by atoms with van der Waals surface area (Å²) in [6.45, 7) is 4.14. The van der Waals surface area contributed by atoms with Crippen LogP contribution in [0.1, 0.15) is 11.1 Å². The molecule has 0 amide bonds. The lowest BCUT2D eigenvalue weighted by atomic mass is 10.1. The number of methoxy groups -OCH3 is 3. The van der Waals surface area contributed by atoms with Gasteiger partial charge in [0.1, 0.15) is 23.7 Å². The minimum Gasteiger partial charge on any atom is -0.493 e. The number of hydrogen-bond acceptors (Lipinski definition) is 7. The summed E-state index contributed by atoms with van der Waals surface area (Å²) < 4.78 is 71.7. The van der Waals surface area contributed by atoms with Gasteiger partial charge in [0.2, 0.25) is 5.75 Å². The van der Waals surface area contributed by atoms with Gasteiger partial charge in [0, 0.05) is 25.2 Å². The summed E-state index contributed by atoms with van der Waals surface area (Å²) in [5, 5.41) is 0. The fourth-order valence-corrected chi connectivity index (χ4v) is 5.04. The van der Waals surface area contributed by atoms with Crippen molar-refractivity contribution in [1.82, 2.24) is 14.5 Å². The van der Waals surface area contributed by atoms with E-state index in [-0.39, 0.29) is 12.1 Å². The van der Waals surface area contributed by atoms with E-state index in [1.165, 1.54) is 33.5 Å². The van der Waals surface area contributed by atoms with Crippen LogP contribution in [0.2, 0.25) is 0 Å². The number of benzene rings is 3. The monoisotopic (exact) mass is 571 g/mol. The zero-order valence-corrected chi connectivity index (χ0v) is 23.2. The first kappa shape index (κ1) is 28.6. The van der Waals surface area contributed by atoms with Crippen LogP contribution in [0, 0.1) is 0 Å². The normalized spacial score (nSPS) is 14.3. The lowest BCUT2D eigenvalue weighted by Crippen LogP contribution is -2.38. The van der Waals surface area contributed by atoms with Crippen molar-refractivity contribution in [3.05, 3.63) is 65.7 Å². The second-order valence-electron chi connectivity index (χ2n) is 9.52. The maximum absolute atomic E-state index is 13.9. The molecule has 0 bridgehead atoms. The van der Waals surface area contributed by atoms with Crippen LogP contribution in [-0.4, -0.2) is 75.2 Å². The van der Waals surface area contributed by atoms with Crippen LogP contribution in [0.25, 0.3) is 22.4 Å². The molecule has 1 fully saturated rings. The standard InChI is InChI=1S/C30H32F3N3O5/c1-37-25-17-21(18-26(38-2)28(25)39-3)29-34-27-23(36(29)19-20-7-4-5-8-22(20)30(31,32)33)9-6-10-24(27)41-16-13-35-11-14-40-15-12-35/h4-10,17-18H,11-16,19H2,1-3H3. The second kappa shape index (κ2) is 12.3. The van der Waals surface area contributed by atoms with Gasteiger partial charge in [-0.2, -0.15) is 13.2 Å². The number of para-hydroxylation sites is 1. The highest BCUT2D eigenvalue weighted by molar-refractivity contribution is 5.86. The van der Waals surface area contributed by atoms with Gasteiger partial charge in [-0.25, -0.2) is 4.98 Å². The Hall–Kier alpha value is -3.96. The molecule has 0 aliphatic carbocycles. The first-order valence-electron chi connectivity index (χ1n) is 13.2. The Morgan fingerprint density at radius 2 is 1.59 bits per heavy atom. The summed E-state index contributed by atoms with van der Waals surface area (Å²) in [5.41, 5.74) is 1.18. The Kier molecular flexibility index (Phi) is 8.55. The van der Waals surface area contributed by atoms with Gasteiger partial charge in [-0.3, -0.25) is 4.90 Å². The minimum atomic E-state index is -4.51. The van der Waals surface area contributed by atoms with Crippen molar-refractivity contribution in [1.29, 1.82) is 0 Å². The predicted octanol–water partition coefficient (Wildman–Crippen LogP) is 5.51. The van der Waals surface area contributed by atoms with Crippen LogP contribution in [-0.2, 0) is 17.5 Å². The highest BCUT2D eigenvalue weighted by Crippen LogP contribution is 2.42. The first-order chi connectivity index (χ1) is 19.8. The highest BCUT2D eigenvalue weighted by Gasteiger charge is 2.33. The van der Waals surface area contributed by atoms with Crippen molar-refractivity contribution < 1.29 is 36.9 Å². The molecule has 5 rings (SSSR count). The molecule has 41 heavy (non-hydrogen) atoms. The number of halogens is 3. The van der Waals surface area contributed by atoms with E-state index < -0.39 is 11.7 Å². The molecular formula is C30H32F3N3O5. The van der Waals surface area contributed by atoms with Crippen molar-refractivity contribution in [3.8, 4) is 34.4 Å². The van der Waals surface area contributed by atoms with Gasteiger partial charge in [0.25, 0.3) is 0 Å². The molecule has 1 saturated heterocycles. The van der Waals surface area contributed by atoms with Gasteiger partial charge < -0.3 is 28.3 Å². The molecule has 4 aromatic rings. The zero-order chi connectivity index (χ0) is 29.0. The Morgan fingerprint density at radius 1 is 0.878 bits per heavy atom. The van der Waals surface area contributed by atoms with E-state index in [1.807, 2.05) is 18.2 Å². The van der Waals surface area contributed by atoms with Crippen LogP contribution in [0.3, 0.4) is 0 Å². The second-order valence-corrected chi connectivity index (χ2v) is 9.52. The van der Waals surface area contributed by atoms with Crippen molar-refractivity contribution in [2.45, 2.75) is 12.7 Å². The molecule has 218 valence electrons. The molecule has 0 spiro atoms. The lowest BCUT2D eigenvalue weighted by molar-refractivity contribution is -0.138. The summed E-state index contributed by atoms with van der Waals surface area (Å²) >= 11 is 0. The number of morpholine rings is 1. The van der Waals surface area contributed by atoms with Gasteiger partial charge >= 0.3 is 6.18 Å². The number of aromatic nitrogens is 2. The third kappa shape index (κ3) is 6.06. The van der Waals surface area contributed by atoms with Crippen molar-refractivity contribution in [3.63, 3.8) is 0 Å². The summed E-state index contributed by atoms with van der Waals surface area (Å²) in [5.74, 6) is 2.18. The average Bonchev–Trinajstić information content (AvgIpc) is 3.35. The summed E-state index contributed by atoms with van der Waals surface area (Å²) in [6, 6.07) is 14.5. The molecule has 11 heteroatoms. The van der Waals surface area contributed by atoms with E-state index in [0.717, 1.165) is 25.7 Å². The predicted molar refractivity (Wildman–Crippen MR) is 148 cm³/mol. The van der Waals surface area contributed by atoms with Gasteiger partial charge in [-0.15, -0.1) is 0 Å². The van der Waals surface area contributed by atoms with Crippen molar-refractivity contribution >= 4 is 11.0 Å². The Balaban J connectivity index is 1.61. The van der Waals surface area contributed by atoms with Crippen LogP contribution in [0.5, 0.6) is 23.0 Å².